The summed E-state index contributed by atoms with van der Waals surface area (Å²) in [6.07, 6.45) is 5.20. The van der Waals surface area contributed by atoms with Crippen LogP contribution in [0.5, 0.6) is 5.88 Å². The number of hydrogen-bond donors (Lipinski definition) is 2. The summed E-state index contributed by atoms with van der Waals surface area (Å²) in [4.78, 5) is 38.9. The minimum Gasteiger partial charge on any atom is -0.494 e. The number of methoxy groups -OCH3 is 1. The molecule has 0 unspecified atom stereocenters. The van der Waals surface area contributed by atoms with Crippen LogP contribution in [0.3, 0.4) is 0 Å². The molecule has 0 radical (unpaired) electrons. The summed E-state index contributed by atoms with van der Waals surface area (Å²) in [6, 6.07) is 7.79. The Morgan fingerprint density at radius 3 is 2.76 bits per heavy atom. The number of carbonyl (C=O) groups excluding carboxylic acids is 1. The van der Waals surface area contributed by atoms with Gasteiger partial charge in [-0.25, -0.2) is 4.79 Å². The number of aromatic hydroxyl groups is 1. The Morgan fingerprint density at radius 2 is 2.03 bits per heavy atom. The summed E-state index contributed by atoms with van der Waals surface area (Å²) in [7, 11) is 1.52. The molecule has 8 nitrogen and oxygen atoms in total. The van der Waals surface area contributed by atoms with Crippen molar-refractivity contribution in [2.45, 2.75) is 26.4 Å². The summed E-state index contributed by atoms with van der Waals surface area (Å²) >= 11 is 0. The fraction of sp³-hybridized carbons (Fsp3) is 0.286. The van der Waals surface area contributed by atoms with Crippen LogP contribution in [-0.4, -0.2) is 38.7 Å². The molecule has 2 N–H and O–H groups in total. The number of H-pyrrole nitrogens is 1. The second-order valence-electron chi connectivity index (χ2n) is 6.54. The van der Waals surface area contributed by atoms with Crippen LogP contribution < -0.4 is 11.2 Å². The van der Waals surface area contributed by atoms with E-state index in [1.54, 1.807) is 6.08 Å². The minimum atomic E-state index is -0.916. The fourth-order valence-electron chi connectivity index (χ4n) is 3.27. The number of aryl methyl sites for hydroxylation is 1. The highest BCUT2D eigenvalue weighted by atomic mass is 16.5. The normalized spacial score (nSPS) is 11.5. The average Bonchev–Trinajstić information content (AvgIpc) is 3.06. The molecule has 29 heavy (non-hydrogen) atoms. The summed E-state index contributed by atoms with van der Waals surface area (Å²) in [5.41, 5.74) is -0.289. The van der Waals surface area contributed by atoms with Crippen LogP contribution in [0.15, 0.2) is 46.1 Å². The van der Waals surface area contributed by atoms with Crippen molar-refractivity contribution < 1.29 is 14.6 Å². The highest BCUT2D eigenvalue weighted by Gasteiger charge is 2.19. The number of hydrogen-bond acceptors (Lipinski definition) is 5. The van der Waals surface area contributed by atoms with Gasteiger partial charge in [-0.2, -0.15) is 0 Å². The zero-order chi connectivity index (χ0) is 21.0. The lowest BCUT2D eigenvalue weighted by atomic mass is 10.1. The third-order valence-corrected chi connectivity index (χ3v) is 4.72. The number of aromatic nitrogens is 3. The van der Waals surface area contributed by atoms with E-state index in [2.05, 4.69) is 9.55 Å². The van der Waals surface area contributed by atoms with Gasteiger partial charge >= 0.3 is 5.69 Å². The predicted molar refractivity (Wildman–Crippen MR) is 110 cm³/mol. The van der Waals surface area contributed by atoms with Gasteiger partial charge in [-0.15, -0.1) is 0 Å². The zero-order valence-corrected chi connectivity index (χ0v) is 16.3. The second kappa shape index (κ2) is 8.74. The van der Waals surface area contributed by atoms with E-state index in [0.29, 0.717) is 13.0 Å². The maximum absolute atomic E-state index is 12.7. The van der Waals surface area contributed by atoms with Crippen LogP contribution in [0, 0.1) is 0 Å². The molecule has 0 fully saturated rings. The first-order valence-electron chi connectivity index (χ1n) is 9.33. The van der Waals surface area contributed by atoms with Gasteiger partial charge in [0.1, 0.15) is 5.56 Å². The van der Waals surface area contributed by atoms with Gasteiger partial charge in [0.2, 0.25) is 5.88 Å². The first-order chi connectivity index (χ1) is 14.0. The highest BCUT2D eigenvalue weighted by molar-refractivity contribution is 6.08. The first-order valence-corrected chi connectivity index (χ1v) is 9.33. The van der Waals surface area contributed by atoms with Gasteiger partial charge in [0.05, 0.1) is 0 Å². The Hall–Kier alpha value is -3.39. The van der Waals surface area contributed by atoms with Gasteiger partial charge in [-0.3, -0.25) is 19.1 Å². The lowest BCUT2D eigenvalue weighted by Gasteiger charge is -2.09. The number of rotatable bonds is 8. The maximum atomic E-state index is 12.7. The molecule has 0 aliphatic rings. The van der Waals surface area contributed by atoms with Crippen molar-refractivity contribution in [2.75, 3.05) is 13.7 Å². The molecule has 2 aromatic heterocycles. The summed E-state index contributed by atoms with van der Waals surface area (Å²) in [5, 5.41) is 11.3. The number of benzene rings is 1. The third kappa shape index (κ3) is 4.07. The molecule has 0 bridgehead atoms. The lowest BCUT2D eigenvalue weighted by Crippen LogP contribution is -2.33. The Labute approximate surface area is 166 Å². The van der Waals surface area contributed by atoms with Crippen molar-refractivity contribution in [1.82, 2.24) is 14.1 Å². The van der Waals surface area contributed by atoms with E-state index in [4.69, 9.17) is 4.74 Å². The number of nitrogens with one attached hydrogen (secondary N) is 1. The van der Waals surface area contributed by atoms with Crippen LogP contribution >= 0.6 is 0 Å². The molecule has 3 rings (SSSR count). The lowest BCUT2D eigenvalue weighted by molar-refractivity contribution is 0.104. The maximum Gasteiger partial charge on any atom is 0.331 e. The molecule has 1 aromatic carbocycles. The van der Waals surface area contributed by atoms with Crippen molar-refractivity contribution in [2.24, 2.45) is 0 Å². The highest BCUT2D eigenvalue weighted by Crippen LogP contribution is 2.23. The van der Waals surface area contributed by atoms with Crippen molar-refractivity contribution in [3.63, 3.8) is 0 Å². The standard InChI is InChI=1S/C21H23N3O5/c1-3-23-13-14(15-7-4-5-8-16(15)23)9-10-17(25)18-19(26)22-21(28)24(20(18)27)11-6-12-29-2/h4-5,7-10,13,27H,3,6,11-12H2,1-2H3,(H,22,26,28)/b10-9+. The van der Waals surface area contributed by atoms with E-state index < -0.39 is 28.5 Å². The summed E-state index contributed by atoms with van der Waals surface area (Å²) < 4.78 is 7.95. The molecular formula is C21H23N3O5. The van der Waals surface area contributed by atoms with Gasteiger partial charge in [0, 0.05) is 49.5 Å². The quantitative estimate of drug-likeness (QED) is 0.344. The molecule has 8 heteroatoms. The molecule has 3 aromatic rings. The predicted octanol–water partition coefficient (Wildman–Crippen LogP) is 2.15. The number of para-hydroxylation sites is 1. The van der Waals surface area contributed by atoms with Crippen molar-refractivity contribution in [3.8, 4) is 5.88 Å². The Bertz CT molecular complexity index is 1180. The number of ketones is 1. The van der Waals surface area contributed by atoms with E-state index in [1.807, 2.05) is 37.4 Å². The van der Waals surface area contributed by atoms with Crippen molar-refractivity contribution >= 4 is 22.8 Å². The second-order valence-corrected chi connectivity index (χ2v) is 6.54. The number of carbonyl (C=O) groups is 1. The largest absolute Gasteiger partial charge is 0.494 e. The Morgan fingerprint density at radius 1 is 1.28 bits per heavy atom. The van der Waals surface area contributed by atoms with Gasteiger partial charge in [0.25, 0.3) is 5.56 Å². The van der Waals surface area contributed by atoms with Gasteiger partial charge in [0.15, 0.2) is 5.78 Å². The molecule has 0 spiro atoms. The Kier molecular flexibility index (Phi) is 6.13. The van der Waals surface area contributed by atoms with E-state index in [9.17, 15) is 19.5 Å². The summed E-state index contributed by atoms with van der Waals surface area (Å²) in [5.74, 6) is -1.32. The number of ether oxygens (including phenoxy) is 1. The molecule has 2 heterocycles. The SMILES string of the molecule is CCn1cc(/C=C/C(=O)c2c(O)n(CCCOC)c(=O)[nH]c2=O)c2ccccc21. The van der Waals surface area contributed by atoms with Gasteiger partial charge in [-0.05, 0) is 31.6 Å². The first kappa shape index (κ1) is 20.3. The number of allylic oxidation sites excluding steroid dienone is 1. The molecule has 0 saturated carbocycles. The fourth-order valence-corrected chi connectivity index (χ4v) is 3.27. The smallest absolute Gasteiger partial charge is 0.331 e. The zero-order valence-electron chi connectivity index (χ0n) is 16.3. The number of aromatic amines is 1. The number of nitrogens with zero attached hydrogens (tertiary/aromatic N) is 2. The minimum absolute atomic E-state index is 0.114. The number of fused-ring (bicyclic) bond motifs is 1. The molecule has 0 saturated heterocycles. The topological polar surface area (TPSA) is 106 Å². The van der Waals surface area contributed by atoms with Crippen molar-refractivity contribution in [3.05, 3.63) is 68.5 Å². The van der Waals surface area contributed by atoms with Gasteiger partial charge in [-0.1, -0.05) is 18.2 Å². The Balaban J connectivity index is 1.96. The van der Waals surface area contributed by atoms with E-state index in [0.717, 1.165) is 27.6 Å². The van der Waals surface area contributed by atoms with E-state index in [-0.39, 0.29) is 6.54 Å². The monoisotopic (exact) mass is 397 g/mol. The van der Waals surface area contributed by atoms with Crippen LogP contribution in [0.25, 0.3) is 17.0 Å². The molecule has 0 atom stereocenters. The van der Waals surface area contributed by atoms with Crippen LogP contribution in [-0.2, 0) is 17.8 Å². The van der Waals surface area contributed by atoms with E-state index in [1.165, 1.54) is 13.2 Å². The molecular weight excluding hydrogens is 374 g/mol. The summed E-state index contributed by atoms with van der Waals surface area (Å²) in [6.45, 7) is 3.28. The molecule has 152 valence electrons. The van der Waals surface area contributed by atoms with Crippen LogP contribution in [0.4, 0.5) is 0 Å². The molecule has 0 aliphatic carbocycles. The van der Waals surface area contributed by atoms with Crippen LogP contribution in [0.1, 0.15) is 29.3 Å². The van der Waals surface area contributed by atoms with Gasteiger partial charge < -0.3 is 14.4 Å². The van der Waals surface area contributed by atoms with E-state index >= 15 is 0 Å². The third-order valence-electron chi connectivity index (χ3n) is 4.72. The average molecular weight is 397 g/mol. The van der Waals surface area contributed by atoms with Crippen molar-refractivity contribution in [1.29, 1.82) is 0 Å². The molecule has 0 aliphatic heterocycles. The molecule has 0 amide bonds. The van der Waals surface area contributed by atoms with Crippen LogP contribution in [0.2, 0.25) is 0 Å².